The van der Waals surface area contributed by atoms with Gasteiger partial charge in [0.2, 0.25) is 0 Å². The third-order valence-corrected chi connectivity index (χ3v) is 0.824. The van der Waals surface area contributed by atoms with Gasteiger partial charge in [0.25, 0.3) is 0 Å². The molecule has 0 aromatic heterocycles. The van der Waals surface area contributed by atoms with Gasteiger partial charge in [0.05, 0.1) is 0 Å². The smallest absolute Gasteiger partial charge is 0.427 e. The monoisotopic (exact) mass is 174 g/mol. The van der Waals surface area contributed by atoms with Crippen LogP contribution in [0, 0.1) is 11.6 Å². The molecule has 0 spiro atoms. The standard InChI is InChI=1S/C6H4F2.CH5BO2/c7-5-3-1-2-4-6(5)8;1-2(3)4/h1-4H;3-4H,1H3. The molecule has 0 heterocycles. The highest BCUT2D eigenvalue weighted by atomic mass is 19.2. The van der Waals surface area contributed by atoms with Gasteiger partial charge in [0.15, 0.2) is 11.6 Å². The fourth-order valence-electron chi connectivity index (χ4n) is 0.439. The Morgan fingerprint density at radius 2 is 1.33 bits per heavy atom. The van der Waals surface area contributed by atoms with E-state index >= 15 is 0 Å². The molecule has 0 fully saturated rings. The van der Waals surface area contributed by atoms with E-state index in [1.165, 1.54) is 19.0 Å². The molecule has 12 heavy (non-hydrogen) atoms. The molecule has 0 amide bonds. The highest BCUT2D eigenvalue weighted by Crippen LogP contribution is 2.01. The summed E-state index contributed by atoms with van der Waals surface area (Å²) in [6, 6.07) is 5.04. The van der Waals surface area contributed by atoms with Crippen LogP contribution in [0.2, 0.25) is 6.82 Å². The summed E-state index contributed by atoms with van der Waals surface area (Å²) in [5, 5.41) is 15.2. The number of hydrogen-bond donors (Lipinski definition) is 2. The van der Waals surface area contributed by atoms with Gasteiger partial charge in [-0.1, -0.05) is 12.1 Å². The van der Waals surface area contributed by atoms with E-state index in [0.29, 0.717) is 0 Å². The second-order valence-corrected chi connectivity index (χ2v) is 2.05. The summed E-state index contributed by atoms with van der Waals surface area (Å²) in [5.74, 6) is -1.60. The maximum absolute atomic E-state index is 11.9. The number of hydrogen-bond acceptors (Lipinski definition) is 2. The minimum absolute atomic E-state index is 0.799. The summed E-state index contributed by atoms with van der Waals surface area (Å²) in [4.78, 5) is 0. The molecule has 0 saturated carbocycles. The van der Waals surface area contributed by atoms with E-state index < -0.39 is 18.8 Å². The summed E-state index contributed by atoms with van der Waals surface area (Å²) >= 11 is 0. The molecule has 0 atom stereocenters. The first-order chi connectivity index (χ1) is 5.54. The van der Waals surface area contributed by atoms with Crippen LogP contribution in [0.3, 0.4) is 0 Å². The maximum Gasteiger partial charge on any atom is 0.448 e. The Morgan fingerprint density at radius 3 is 1.50 bits per heavy atom. The summed E-state index contributed by atoms with van der Waals surface area (Å²) in [6.07, 6.45) is 0. The average Bonchev–Trinajstić information content (AvgIpc) is 1.94. The molecule has 0 radical (unpaired) electrons. The Morgan fingerprint density at radius 1 is 1.08 bits per heavy atom. The van der Waals surface area contributed by atoms with Gasteiger partial charge < -0.3 is 10.0 Å². The predicted octanol–water partition coefficient (Wildman–Crippen LogP) is 1.05. The third kappa shape index (κ3) is 5.82. The minimum atomic E-state index is -1.17. The predicted molar refractivity (Wildman–Crippen MR) is 42.4 cm³/mol. The van der Waals surface area contributed by atoms with Gasteiger partial charge >= 0.3 is 7.12 Å². The van der Waals surface area contributed by atoms with Gasteiger partial charge in [0.1, 0.15) is 0 Å². The SMILES string of the molecule is CB(O)O.Fc1ccccc1F. The summed E-state index contributed by atoms with van der Waals surface area (Å²) in [5.41, 5.74) is 0. The highest BCUT2D eigenvalue weighted by molar-refractivity contribution is 6.38. The van der Waals surface area contributed by atoms with Crippen molar-refractivity contribution in [3.63, 3.8) is 0 Å². The quantitative estimate of drug-likeness (QED) is 0.577. The first kappa shape index (κ1) is 11.1. The summed E-state index contributed by atoms with van der Waals surface area (Å²) in [7, 11) is -1.17. The second kappa shape index (κ2) is 5.68. The van der Waals surface area contributed by atoms with Crippen molar-refractivity contribution in [2.24, 2.45) is 0 Å². The van der Waals surface area contributed by atoms with Crippen molar-refractivity contribution in [2.75, 3.05) is 0 Å². The lowest BCUT2D eigenvalue weighted by atomic mass is 9.99. The van der Waals surface area contributed by atoms with Crippen LogP contribution in [0.5, 0.6) is 0 Å². The average molecular weight is 174 g/mol. The lowest BCUT2D eigenvalue weighted by molar-refractivity contribution is 0.417. The van der Waals surface area contributed by atoms with E-state index in [1.807, 2.05) is 0 Å². The van der Waals surface area contributed by atoms with Gasteiger partial charge in [0, 0.05) is 0 Å². The molecule has 1 rings (SSSR count). The zero-order chi connectivity index (χ0) is 9.56. The fourth-order valence-corrected chi connectivity index (χ4v) is 0.439. The van der Waals surface area contributed by atoms with E-state index in [0.717, 1.165) is 12.1 Å². The molecule has 1 aromatic rings. The molecule has 0 aliphatic carbocycles. The first-order valence-electron chi connectivity index (χ1n) is 3.30. The number of benzene rings is 1. The van der Waals surface area contributed by atoms with E-state index in [1.54, 1.807) is 0 Å². The number of halogens is 2. The largest absolute Gasteiger partial charge is 0.448 e. The van der Waals surface area contributed by atoms with E-state index in [4.69, 9.17) is 10.0 Å². The minimum Gasteiger partial charge on any atom is -0.427 e. The molecule has 5 heteroatoms. The van der Waals surface area contributed by atoms with Crippen LogP contribution >= 0.6 is 0 Å². The first-order valence-corrected chi connectivity index (χ1v) is 3.30. The van der Waals surface area contributed by atoms with Crippen LogP contribution in [-0.4, -0.2) is 17.2 Å². The van der Waals surface area contributed by atoms with Crippen LogP contribution < -0.4 is 0 Å². The Hall–Kier alpha value is -0.935. The van der Waals surface area contributed by atoms with Gasteiger partial charge in [-0.25, -0.2) is 8.78 Å². The van der Waals surface area contributed by atoms with Crippen molar-refractivity contribution < 1.29 is 18.8 Å². The normalized spacial score (nSPS) is 8.42. The van der Waals surface area contributed by atoms with E-state index in [9.17, 15) is 8.78 Å². The van der Waals surface area contributed by atoms with Gasteiger partial charge in [-0.2, -0.15) is 0 Å². The molecule has 2 N–H and O–H groups in total. The van der Waals surface area contributed by atoms with Crippen LogP contribution in [0.15, 0.2) is 24.3 Å². The van der Waals surface area contributed by atoms with Crippen molar-refractivity contribution in [3.8, 4) is 0 Å². The van der Waals surface area contributed by atoms with Crippen molar-refractivity contribution >= 4 is 7.12 Å². The van der Waals surface area contributed by atoms with Crippen molar-refractivity contribution in [1.29, 1.82) is 0 Å². The summed E-state index contributed by atoms with van der Waals surface area (Å²) in [6.45, 7) is 1.28. The summed E-state index contributed by atoms with van der Waals surface area (Å²) < 4.78 is 23.9. The molecule has 0 unspecified atom stereocenters. The zero-order valence-electron chi connectivity index (χ0n) is 6.54. The van der Waals surface area contributed by atoms with Crippen LogP contribution in [0.4, 0.5) is 8.78 Å². The van der Waals surface area contributed by atoms with Crippen molar-refractivity contribution in [1.82, 2.24) is 0 Å². The maximum atomic E-state index is 11.9. The van der Waals surface area contributed by atoms with Crippen molar-refractivity contribution in [3.05, 3.63) is 35.9 Å². The highest BCUT2D eigenvalue weighted by Gasteiger charge is 1.93. The third-order valence-electron chi connectivity index (χ3n) is 0.824. The molecular weight excluding hydrogens is 165 g/mol. The topological polar surface area (TPSA) is 40.5 Å². The molecule has 1 aromatic carbocycles. The molecule has 0 saturated heterocycles. The molecule has 66 valence electrons. The van der Waals surface area contributed by atoms with Crippen LogP contribution in [0.1, 0.15) is 0 Å². The molecular formula is C7H9BF2O2. The lowest BCUT2D eigenvalue weighted by Crippen LogP contribution is -2.00. The zero-order valence-corrected chi connectivity index (χ0v) is 6.54. The van der Waals surface area contributed by atoms with Crippen molar-refractivity contribution in [2.45, 2.75) is 6.82 Å². The Bertz CT molecular complexity index is 207. The molecule has 0 bridgehead atoms. The van der Waals surface area contributed by atoms with Crippen LogP contribution in [0.25, 0.3) is 0 Å². The van der Waals surface area contributed by atoms with Gasteiger partial charge in [-0.05, 0) is 19.0 Å². The molecule has 0 aliphatic rings. The Labute approximate surface area is 69.6 Å². The van der Waals surface area contributed by atoms with Gasteiger partial charge in [-0.3, -0.25) is 0 Å². The fraction of sp³-hybridized carbons (Fsp3) is 0.143. The Balaban J connectivity index is 0.000000261. The lowest BCUT2D eigenvalue weighted by Gasteiger charge is -1.85. The Kier molecular flexibility index (Phi) is 5.24. The van der Waals surface area contributed by atoms with Gasteiger partial charge in [-0.15, -0.1) is 0 Å². The van der Waals surface area contributed by atoms with Crippen LogP contribution in [-0.2, 0) is 0 Å². The number of rotatable bonds is 0. The second-order valence-electron chi connectivity index (χ2n) is 2.05. The van der Waals surface area contributed by atoms with E-state index in [2.05, 4.69) is 0 Å². The van der Waals surface area contributed by atoms with E-state index in [-0.39, 0.29) is 0 Å². The molecule has 2 nitrogen and oxygen atoms in total. The molecule has 0 aliphatic heterocycles.